The van der Waals surface area contributed by atoms with E-state index < -0.39 is 0 Å². The molecule has 0 atom stereocenters. The number of carbonyl (C=O) groups excluding carboxylic acids is 1. The van der Waals surface area contributed by atoms with Crippen molar-refractivity contribution in [2.45, 2.75) is 13.3 Å². The summed E-state index contributed by atoms with van der Waals surface area (Å²) >= 11 is 0. The topological polar surface area (TPSA) is 41.4 Å². The summed E-state index contributed by atoms with van der Waals surface area (Å²) in [7, 11) is 4.04. The van der Waals surface area contributed by atoms with E-state index in [4.69, 9.17) is 0 Å². The predicted octanol–water partition coefficient (Wildman–Crippen LogP) is 0.683. The van der Waals surface area contributed by atoms with Gasteiger partial charge in [-0.05, 0) is 26.9 Å². The Balaban J connectivity index is 2.29. The second kappa shape index (κ2) is 4.87. The van der Waals surface area contributed by atoms with Gasteiger partial charge < -0.3 is 9.80 Å². The number of aryl methyl sites for hydroxylation is 2. The molecule has 2 rings (SSSR count). The molecule has 1 aromatic rings. The standard InChI is InChI=1S/C12H20N4O/c1-10-11(9-17)12(15(3)13-10)16-6-4-5-14(2)7-8-16/h9H,4-8H2,1-3H3. The zero-order chi connectivity index (χ0) is 12.4. The summed E-state index contributed by atoms with van der Waals surface area (Å²) < 4.78 is 1.82. The molecule has 1 saturated heterocycles. The molecule has 0 aromatic carbocycles. The van der Waals surface area contributed by atoms with Gasteiger partial charge in [0.1, 0.15) is 5.82 Å². The van der Waals surface area contributed by atoms with Gasteiger partial charge in [0.05, 0.1) is 11.3 Å². The third-order valence-electron chi connectivity index (χ3n) is 3.37. The molecule has 2 heterocycles. The molecule has 0 radical (unpaired) electrons. The summed E-state index contributed by atoms with van der Waals surface area (Å²) in [6.45, 7) is 5.98. The van der Waals surface area contributed by atoms with Crippen molar-refractivity contribution in [3.05, 3.63) is 11.3 Å². The van der Waals surface area contributed by atoms with E-state index in [0.717, 1.165) is 56.0 Å². The lowest BCUT2D eigenvalue weighted by atomic mass is 10.2. The smallest absolute Gasteiger partial charge is 0.155 e. The fourth-order valence-electron chi connectivity index (χ4n) is 2.43. The minimum Gasteiger partial charge on any atom is -0.355 e. The highest BCUT2D eigenvalue weighted by atomic mass is 16.1. The van der Waals surface area contributed by atoms with E-state index in [-0.39, 0.29) is 0 Å². The third kappa shape index (κ3) is 2.34. The van der Waals surface area contributed by atoms with Gasteiger partial charge in [0, 0.05) is 26.7 Å². The number of hydrogen-bond donors (Lipinski definition) is 0. The van der Waals surface area contributed by atoms with E-state index in [2.05, 4.69) is 21.9 Å². The minimum absolute atomic E-state index is 0.733. The lowest BCUT2D eigenvalue weighted by Gasteiger charge is -2.23. The molecule has 5 nitrogen and oxygen atoms in total. The number of aromatic nitrogens is 2. The fraction of sp³-hybridized carbons (Fsp3) is 0.667. The highest BCUT2D eigenvalue weighted by molar-refractivity contribution is 5.84. The second-order valence-corrected chi connectivity index (χ2v) is 4.71. The average molecular weight is 236 g/mol. The first-order valence-electron chi connectivity index (χ1n) is 6.05. The summed E-state index contributed by atoms with van der Waals surface area (Å²) in [5.41, 5.74) is 1.55. The minimum atomic E-state index is 0.733. The molecule has 5 heteroatoms. The SMILES string of the molecule is Cc1nn(C)c(N2CCCN(C)CC2)c1C=O. The lowest BCUT2D eigenvalue weighted by molar-refractivity contribution is 0.112. The van der Waals surface area contributed by atoms with E-state index in [1.807, 2.05) is 18.7 Å². The average Bonchev–Trinajstić information content (AvgIpc) is 2.46. The molecule has 0 N–H and O–H groups in total. The highest BCUT2D eigenvalue weighted by Gasteiger charge is 2.20. The Hall–Kier alpha value is -1.36. The summed E-state index contributed by atoms with van der Waals surface area (Å²) in [5.74, 6) is 0.966. The predicted molar refractivity (Wildman–Crippen MR) is 67.7 cm³/mol. The third-order valence-corrected chi connectivity index (χ3v) is 3.37. The van der Waals surface area contributed by atoms with Gasteiger partial charge in [-0.2, -0.15) is 5.10 Å². The van der Waals surface area contributed by atoms with Gasteiger partial charge in [-0.15, -0.1) is 0 Å². The number of aldehydes is 1. The van der Waals surface area contributed by atoms with Gasteiger partial charge in [0.2, 0.25) is 0 Å². The molecule has 94 valence electrons. The quantitative estimate of drug-likeness (QED) is 0.708. The summed E-state index contributed by atoms with van der Waals surface area (Å²) in [6.07, 6.45) is 2.05. The summed E-state index contributed by atoms with van der Waals surface area (Å²) in [6, 6.07) is 0. The van der Waals surface area contributed by atoms with Gasteiger partial charge in [0.15, 0.2) is 6.29 Å². The number of nitrogens with zero attached hydrogens (tertiary/aromatic N) is 4. The van der Waals surface area contributed by atoms with Crippen molar-refractivity contribution >= 4 is 12.1 Å². The monoisotopic (exact) mass is 236 g/mol. The Labute approximate surface area is 102 Å². The zero-order valence-corrected chi connectivity index (χ0v) is 10.8. The first-order chi connectivity index (χ1) is 8.13. The molecule has 1 fully saturated rings. The Morgan fingerprint density at radius 2 is 1.94 bits per heavy atom. The van der Waals surface area contributed by atoms with Gasteiger partial charge in [-0.3, -0.25) is 9.48 Å². The van der Waals surface area contributed by atoms with Crippen LogP contribution in [0.25, 0.3) is 0 Å². The van der Waals surface area contributed by atoms with Crippen molar-refractivity contribution in [1.82, 2.24) is 14.7 Å². The first-order valence-corrected chi connectivity index (χ1v) is 6.05. The second-order valence-electron chi connectivity index (χ2n) is 4.71. The maximum atomic E-state index is 11.2. The highest BCUT2D eigenvalue weighted by Crippen LogP contribution is 2.22. The van der Waals surface area contributed by atoms with Crippen molar-refractivity contribution < 1.29 is 4.79 Å². The normalized spacial score (nSPS) is 18.2. The molecule has 17 heavy (non-hydrogen) atoms. The van der Waals surface area contributed by atoms with Crippen LogP contribution < -0.4 is 4.90 Å². The first kappa shape index (κ1) is 12.1. The lowest BCUT2D eigenvalue weighted by Crippen LogP contribution is -2.30. The maximum absolute atomic E-state index is 11.2. The largest absolute Gasteiger partial charge is 0.355 e. The van der Waals surface area contributed by atoms with Gasteiger partial charge in [-0.1, -0.05) is 0 Å². The van der Waals surface area contributed by atoms with Crippen LogP contribution in [0.4, 0.5) is 5.82 Å². The van der Waals surface area contributed by atoms with E-state index in [1.54, 1.807) is 0 Å². The molecule has 1 aliphatic rings. The number of rotatable bonds is 2. The van der Waals surface area contributed by atoms with Crippen molar-refractivity contribution in [2.24, 2.45) is 7.05 Å². The molecule has 0 spiro atoms. The molecule has 0 aliphatic carbocycles. The Morgan fingerprint density at radius 3 is 2.65 bits per heavy atom. The molecule has 1 aromatic heterocycles. The van der Waals surface area contributed by atoms with Crippen LogP contribution in [0.15, 0.2) is 0 Å². The molecule has 0 unspecified atom stereocenters. The van der Waals surface area contributed by atoms with Gasteiger partial charge in [0.25, 0.3) is 0 Å². The zero-order valence-electron chi connectivity index (χ0n) is 10.8. The fourth-order valence-corrected chi connectivity index (χ4v) is 2.43. The maximum Gasteiger partial charge on any atom is 0.155 e. The Morgan fingerprint density at radius 1 is 1.18 bits per heavy atom. The number of carbonyl (C=O) groups is 1. The van der Waals surface area contributed by atoms with Crippen molar-refractivity contribution in [1.29, 1.82) is 0 Å². The number of likely N-dealkylation sites (N-methyl/N-ethyl adjacent to an activating group) is 1. The van der Waals surface area contributed by atoms with E-state index in [9.17, 15) is 4.79 Å². The van der Waals surface area contributed by atoms with E-state index in [0.29, 0.717) is 0 Å². The molecule has 0 bridgehead atoms. The molecule has 0 amide bonds. The van der Waals surface area contributed by atoms with Crippen LogP contribution in [0.3, 0.4) is 0 Å². The van der Waals surface area contributed by atoms with Crippen LogP contribution in [-0.4, -0.2) is 54.2 Å². The van der Waals surface area contributed by atoms with Gasteiger partial charge in [-0.25, -0.2) is 0 Å². The van der Waals surface area contributed by atoms with Crippen molar-refractivity contribution in [3.8, 4) is 0 Å². The van der Waals surface area contributed by atoms with Crippen LogP contribution in [-0.2, 0) is 7.05 Å². The molecular formula is C12H20N4O. The van der Waals surface area contributed by atoms with Crippen LogP contribution in [0.1, 0.15) is 22.5 Å². The molecule has 0 saturated carbocycles. The Bertz CT molecular complexity index is 413. The molecular weight excluding hydrogens is 216 g/mol. The van der Waals surface area contributed by atoms with Crippen LogP contribution >= 0.6 is 0 Å². The van der Waals surface area contributed by atoms with E-state index in [1.165, 1.54) is 0 Å². The Kier molecular flexibility index (Phi) is 3.47. The number of hydrogen-bond acceptors (Lipinski definition) is 4. The van der Waals surface area contributed by atoms with E-state index >= 15 is 0 Å². The summed E-state index contributed by atoms with van der Waals surface area (Å²) in [4.78, 5) is 15.8. The van der Waals surface area contributed by atoms with Crippen LogP contribution in [0, 0.1) is 6.92 Å². The molecule has 1 aliphatic heterocycles. The van der Waals surface area contributed by atoms with Crippen LogP contribution in [0.5, 0.6) is 0 Å². The van der Waals surface area contributed by atoms with Crippen molar-refractivity contribution in [3.63, 3.8) is 0 Å². The van der Waals surface area contributed by atoms with Crippen LogP contribution in [0.2, 0.25) is 0 Å². The van der Waals surface area contributed by atoms with Crippen molar-refractivity contribution in [2.75, 3.05) is 38.1 Å². The van der Waals surface area contributed by atoms with Gasteiger partial charge >= 0.3 is 0 Å². The summed E-state index contributed by atoms with van der Waals surface area (Å²) in [5, 5.41) is 4.34. The number of anilines is 1.